The number of carbonyl (C=O) groups excluding carboxylic acids is 2. The molecule has 2 N–H and O–H groups in total. The van der Waals surface area contributed by atoms with Crippen LogP contribution in [0.1, 0.15) is 34.3 Å². The van der Waals surface area contributed by atoms with Crippen molar-refractivity contribution in [3.8, 4) is 0 Å². The Kier molecular flexibility index (Phi) is 5.37. The lowest BCUT2D eigenvalue weighted by molar-refractivity contribution is -0.116. The van der Waals surface area contributed by atoms with Crippen molar-refractivity contribution in [3.63, 3.8) is 0 Å². The van der Waals surface area contributed by atoms with Crippen molar-refractivity contribution >= 4 is 28.5 Å². The smallest absolute Gasteiger partial charge is 0.337 e. The zero-order valence-electron chi connectivity index (χ0n) is 15.0. The summed E-state index contributed by atoms with van der Waals surface area (Å²) in [5.41, 5.74) is 4.30. The number of esters is 1. The Labute approximate surface area is 152 Å². The van der Waals surface area contributed by atoms with Crippen LogP contribution in [0.4, 0.5) is 5.69 Å². The minimum Gasteiger partial charge on any atom is -0.465 e. The van der Waals surface area contributed by atoms with Crippen molar-refractivity contribution in [2.24, 2.45) is 0 Å². The monoisotopic (exact) mass is 350 g/mol. The van der Waals surface area contributed by atoms with E-state index in [2.05, 4.69) is 16.4 Å². The van der Waals surface area contributed by atoms with Gasteiger partial charge in [0.15, 0.2) is 0 Å². The van der Waals surface area contributed by atoms with Gasteiger partial charge in [0.05, 0.1) is 12.7 Å². The maximum Gasteiger partial charge on any atom is 0.337 e. The molecule has 0 aliphatic heterocycles. The van der Waals surface area contributed by atoms with E-state index >= 15 is 0 Å². The molecular formula is C21H22N2O3. The molecule has 0 bridgehead atoms. The first kappa shape index (κ1) is 17.7. The lowest BCUT2D eigenvalue weighted by Crippen LogP contribution is -2.13. The van der Waals surface area contributed by atoms with E-state index in [0.717, 1.165) is 23.9 Å². The molecule has 3 rings (SSSR count). The van der Waals surface area contributed by atoms with Crippen molar-refractivity contribution in [2.75, 3.05) is 12.4 Å². The average Bonchev–Trinajstić information content (AvgIpc) is 3.06. The highest BCUT2D eigenvalue weighted by atomic mass is 16.5. The molecule has 0 unspecified atom stereocenters. The molecule has 26 heavy (non-hydrogen) atoms. The lowest BCUT2D eigenvalue weighted by atomic mass is 10.1. The van der Waals surface area contributed by atoms with Crippen LogP contribution in [0.2, 0.25) is 0 Å². The molecule has 0 fully saturated rings. The second-order valence-electron chi connectivity index (χ2n) is 6.28. The zero-order valence-corrected chi connectivity index (χ0v) is 15.0. The molecular weight excluding hydrogens is 328 g/mol. The zero-order chi connectivity index (χ0) is 18.5. The standard InChI is InChI=1S/C21H22N2O3/c1-14-10-11-15(21(25)26-2)12-19(14)23-20(24)9-5-6-16-13-22-18-8-4-3-7-17(16)18/h3-4,7-8,10-13,22H,5-6,9H2,1-2H3,(H,23,24). The van der Waals surface area contributed by atoms with Gasteiger partial charge in [-0.15, -0.1) is 0 Å². The van der Waals surface area contributed by atoms with Gasteiger partial charge < -0.3 is 15.0 Å². The second kappa shape index (κ2) is 7.87. The van der Waals surface area contributed by atoms with Gasteiger partial charge >= 0.3 is 5.97 Å². The molecule has 1 aromatic heterocycles. The normalized spacial score (nSPS) is 10.7. The highest BCUT2D eigenvalue weighted by Gasteiger charge is 2.11. The van der Waals surface area contributed by atoms with Gasteiger partial charge in [-0.1, -0.05) is 24.3 Å². The summed E-state index contributed by atoms with van der Waals surface area (Å²) in [5.74, 6) is -0.477. The van der Waals surface area contributed by atoms with Crippen molar-refractivity contribution in [2.45, 2.75) is 26.2 Å². The molecule has 0 aliphatic carbocycles. The number of methoxy groups -OCH3 is 1. The summed E-state index contributed by atoms with van der Waals surface area (Å²) in [7, 11) is 1.34. The predicted octanol–water partition coefficient (Wildman–Crippen LogP) is 4.22. The second-order valence-corrected chi connectivity index (χ2v) is 6.28. The summed E-state index contributed by atoms with van der Waals surface area (Å²) in [4.78, 5) is 27.2. The predicted molar refractivity (Wildman–Crippen MR) is 102 cm³/mol. The lowest BCUT2D eigenvalue weighted by Gasteiger charge is -2.10. The van der Waals surface area contributed by atoms with Crippen LogP contribution in [0.15, 0.2) is 48.7 Å². The van der Waals surface area contributed by atoms with Gasteiger partial charge in [-0.25, -0.2) is 4.79 Å². The van der Waals surface area contributed by atoms with Crippen LogP contribution in [-0.4, -0.2) is 24.0 Å². The Morgan fingerprint density at radius 3 is 2.77 bits per heavy atom. The quantitative estimate of drug-likeness (QED) is 0.654. The first-order valence-corrected chi connectivity index (χ1v) is 8.62. The summed E-state index contributed by atoms with van der Waals surface area (Å²) in [6.07, 6.45) is 4.01. The molecule has 1 amide bonds. The fourth-order valence-electron chi connectivity index (χ4n) is 2.99. The molecule has 1 heterocycles. The van der Waals surface area contributed by atoms with Gasteiger partial charge in [0.1, 0.15) is 0 Å². The maximum atomic E-state index is 12.3. The number of fused-ring (bicyclic) bond motifs is 1. The Morgan fingerprint density at radius 2 is 1.96 bits per heavy atom. The number of anilines is 1. The van der Waals surface area contributed by atoms with Gasteiger partial charge in [0.2, 0.25) is 5.91 Å². The molecule has 5 heteroatoms. The first-order chi connectivity index (χ1) is 12.6. The topological polar surface area (TPSA) is 71.2 Å². The van der Waals surface area contributed by atoms with E-state index in [1.54, 1.807) is 18.2 Å². The van der Waals surface area contributed by atoms with E-state index in [0.29, 0.717) is 17.7 Å². The third-order valence-corrected chi connectivity index (χ3v) is 4.46. The highest BCUT2D eigenvalue weighted by molar-refractivity contribution is 5.95. The number of H-pyrrole nitrogens is 1. The molecule has 0 aliphatic rings. The summed E-state index contributed by atoms with van der Waals surface area (Å²) in [6, 6.07) is 13.3. The van der Waals surface area contributed by atoms with Gasteiger partial charge in [0.25, 0.3) is 0 Å². The van der Waals surface area contributed by atoms with Crippen LogP contribution in [0.3, 0.4) is 0 Å². The minimum absolute atomic E-state index is 0.0602. The van der Waals surface area contributed by atoms with Crippen molar-refractivity contribution in [3.05, 3.63) is 65.4 Å². The SMILES string of the molecule is COC(=O)c1ccc(C)c(NC(=O)CCCc2c[nH]c3ccccc23)c1. The molecule has 0 spiro atoms. The largest absolute Gasteiger partial charge is 0.465 e. The van der Waals surface area contributed by atoms with Gasteiger partial charge in [-0.3, -0.25) is 4.79 Å². The van der Waals surface area contributed by atoms with E-state index in [1.165, 1.54) is 18.1 Å². The summed E-state index contributed by atoms with van der Waals surface area (Å²) < 4.78 is 4.72. The molecule has 5 nitrogen and oxygen atoms in total. The molecule has 0 saturated heterocycles. The van der Waals surface area contributed by atoms with Crippen molar-refractivity contribution in [1.82, 2.24) is 4.98 Å². The van der Waals surface area contributed by atoms with Crippen molar-refractivity contribution in [1.29, 1.82) is 0 Å². The molecule has 0 saturated carbocycles. The van der Waals surface area contributed by atoms with Crippen LogP contribution in [0.5, 0.6) is 0 Å². The number of para-hydroxylation sites is 1. The van der Waals surface area contributed by atoms with Gasteiger partial charge in [-0.2, -0.15) is 0 Å². The average molecular weight is 350 g/mol. The third kappa shape index (κ3) is 3.94. The number of amides is 1. The number of aromatic amines is 1. The number of aromatic nitrogens is 1. The number of rotatable bonds is 6. The van der Waals surface area contributed by atoms with Crippen LogP contribution < -0.4 is 5.32 Å². The maximum absolute atomic E-state index is 12.3. The van der Waals surface area contributed by atoms with Crippen LogP contribution in [0.25, 0.3) is 10.9 Å². The number of ether oxygens (including phenoxy) is 1. The third-order valence-electron chi connectivity index (χ3n) is 4.46. The van der Waals surface area contributed by atoms with E-state index in [9.17, 15) is 9.59 Å². The van der Waals surface area contributed by atoms with E-state index < -0.39 is 5.97 Å². The molecule has 2 aromatic carbocycles. The molecule has 134 valence electrons. The van der Waals surface area contributed by atoms with E-state index in [1.807, 2.05) is 31.3 Å². The van der Waals surface area contributed by atoms with Crippen molar-refractivity contribution < 1.29 is 14.3 Å². The summed E-state index contributed by atoms with van der Waals surface area (Å²) >= 11 is 0. The van der Waals surface area contributed by atoms with Crippen LogP contribution >= 0.6 is 0 Å². The van der Waals surface area contributed by atoms with Gasteiger partial charge in [0, 0.05) is 29.2 Å². The minimum atomic E-state index is -0.417. The fourth-order valence-corrected chi connectivity index (χ4v) is 2.99. The van der Waals surface area contributed by atoms with E-state index in [4.69, 9.17) is 4.74 Å². The number of hydrogen-bond donors (Lipinski definition) is 2. The number of nitrogens with one attached hydrogen (secondary N) is 2. The number of hydrogen-bond acceptors (Lipinski definition) is 3. The number of aryl methyl sites for hydroxylation is 2. The summed E-state index contributed by atoms with van der Waals surface area (Å²) in [6.45, 7) is 1.89. The molecule has 0 atom stereocenters. The first-order valence-electron chi connectivity index (χ1n) is 8.62. The molecule has 3 aromatic rings. The number of benzene rings is 2. The number of carbonyl (C=O) groups is 2. The highest BCUT2D eigenvalue weighted by Crippen LogP contribution is 2.21. The Balaban J connectivity index is 1.58. The Bertz CT molecular complexity index is 943. The van der Waals surface area contributed by atoms with E-state index in [-0.39, 0.29) is 5.91 Å². The molecule has 0 radical (unpaired) electrons. The van der Waals surface area contributed by atoms with Crippen LogP contribution in [-0.2, 0) is 16.0 Å². The fraction of sp³-hybridized carbons (Fsp3) is 0.238. The summed E-state index contributed by atoms with van der Waals surface area (Å²) in [5, 5.41) is 4.10. The Morgan fingerprint density at radius 1 is 1.15 bits per heavy atom. The van der Waals surface area contributed by atoms with Crippen LogP contribution in [0, 0.1) is 6.92 Å². The van der Waals surface area contributed by atoms with Gasteiger partial charge in [-0.05, 0) is 49.1 Å². The Hall–Kier alpha value is -3.08.